The highest BCUT2D eigenvalue weighted by molar-refractivity contribution is 9.10. The van der Waals surface area contributed by atoms with Crippen molar-refractivity contribution in [3.8, 4) is 0 Å². The average molecular weight is 345 g/mol. The third-order valence-electron chi connectivity index (χ3n) is 2.94. The average Bonchev–Trinajstić information content (AvgIpc) is 2.65. The molecule has 112 valence electrons. The molecular weight excluding hydrogens is 324 g/mol. The first kappa shape index (κ1) is 16.8. The highest BCUT2D eigenvalue weighted by Crippen LogP contribution is 2.23. The predicted octanol–water partition coefficient (Wildman–Crippen LogP) is 3.16. The lowest BCUT2D eigenvalue weighted by atomic mass is 10.1. The molecular formula is C14H21BrN2O3. The van der Waals surface area contributed by atoms with Gasteiger partial charge in [-0.15, -0.1) is 0 Å². The molecule has 1 N–H and O–H groups in total. The number of carboxylic acids is 1. The highest BCUT2D eigenvalue weighted by Gasteiger charge is 2.31. The predicted molar refractivity (Wildman–Crippen MR) is 80.9 cm³/mol. The first-order chi connectivity index (χ1) is 9.04. The number of rotatable bonds is 4. The van der Waals surface area contributed by atoms with Crippen molar-refractivity contribution in [2.24, 2.45) is 0 Å². The van der Waals surface area contributed by atoms with Crippen LogP contribution in [0.25, 0.3) is 0 Å². The number of aromatic nitrogens is 1. The summed E-state index contributed by atoms with van der Waals surface area (Å²) in [7, 11) is 0. The minimum Gasteiger partial charge on any atom is -0.480 e. The third-order valence-corrected chi connectivity index (χ3v) is 3.37. The second-order valence-electron chi connectivity index (χ2n) is 6.00. The molecule has 1 amide bonds. The Labute approximate surface area is 127 Å². The largest absolute Gasteiger partial charge is 0.480 e. The molecule has 0 atom stereocenters. The number of halogens is 1. The molecule has 0 aliphatic heterocycles. The van der Waals surface area contributed by atoms with Crippen LogP contribution in [0.4, 0.5) is 0 Å². The van der Waals surface area contributed by atoms with Gasteiger partial charge < -0.3 is 14.6 Å². The summed E-state index contributed by atoms with van der Waals surface area (Å²) in [5.74, 6) is -1.30. The van der Waals surface area contributed by atoms with E-state index in [9.17, 15) is 9.59 Å². The molecule has 6 heteroatoms. The number of hydrogen-bond acceptors (Lipinski definition) is 2. The van der Waals surface area contributed by atoms with Crippen molar-refractivity contribution >= 4 is 27.8 Å². The lowest BCUT2D eigenvalue weighted by molar-refractivity contribution is -0.138. The summed E-state index contributed by atoms with van der Waals surface area (Å²) in [5, 5.41) is 9.02. The van der Waals surface area contributed by atoms with Gasteiger partial charge >= 0.3 is 5.97 Å². The highest BCUT2D eigenvalue weighted by atomic mass is 79.9. The van der Waals surface area contributed by atoms with Gasteiger partial charge in [0.2, 0.25) is 0 Å². The summed E-state index contributed by atoms with van der Waals surface area (Å²) < 4.78 is 2.64. The lowest BCUT2D eigenvalue weighted by Gasteiger charge is -2.34. The molecule has 0 aromatic carbocycles. The Balaban J connectivity index is 3.22. The Morgan fingerprint density at radius 2 is 1.95 bits per heavy atom. The molecule has 0 unspecified atom stereocenters. The summed E-state index contributed by atoms with van der Waals surface area (Å²) in [6.45, 7) is 9.11. The van der Waals surface area contributed by atoms with Gasteiger partial charge in [-0.2, -0.15) is 0 Å². The van der Waals surface area contributed by atoms with Crippen molar-refractivity contribution in [2.45, 2.75) is 46.2 Å². The Morgan fingerprint density at radius 3 is 2.35 bits per heavy atom. The number of carbonyl (C=O) groups is 2. The zero-order valence-corrected chi connectivity index (χ0v) is 14.1. The second-order valence-corrected chi connectivity index (χ2v) is 6.92. The normalized spacial score (nSPS) is 11.8. The van der Waals surface area contributed by atoms with E-state index in [1.165, 1.54) is 4.90 Å². The van der Waals surface area contributed by atoms with E-state index in [2.05, 4.69) is 15.9 Å². The summed E-state index contributed by atoms with van der Waals surface area (Å²) in [5.41, 5.74) is -0.0725. The van der Waals surface area contributed by atoms with E-state index in [-0.39, 0.29) is 18.5 Å². The molecule has 0 radical (unpaired) electrons. The van der Waals surface area contributed by atoms with Crippen LogP contribution in [0.5, 0.6) is 0 Å². The van der Waals surface area contributed by atoms with Crippen LogP contribution in [-0.2, 0) is 4.79 Å². The first-order valence-corrected chi connectivity index (χ1v) is 7.24. The van der Waals surface area contributed by atoms with E-state index in [0.29, 0.717) is 5.69 Å². The van der Waals surface area contributed by atoms with E-state index in [4.69, 9.17) is 5.11 Å². The molecule has 0 bridgehead atoms. The zero-order valence-electron chi connectivity index (χ0n) is 12.5. The summed E-state index contributed by atoms with van der Waals surface area (Å²) in [4.78, 5) is 25.1. The number of carboxylic acid groups (broad SMARTS) is 1. The van der Waals surface area contributed by atoms with Crippen LogP contribution in [0.3, 0.4) is 0 Å². The second kappa shape index (κ2) is 5.99. The molecule has 0 saturated heterocycles. The van der Waals surface area contributed by atoms with Gasteiger partial charge in [-0.3, -0.25) is 9.59 Å². The minimum absolute atomic E-state index is 0.117. The Morgan fingerprint density at radius 1 is 1.40 bits per heavy atom. The number of carbonyl (C=O) groups excluding carboxylic acids is 1. The van der Waals surface area contributed by atoms with Crippen LogP contribution in [-0.4, -0.2) is 38.5 Å². The van der Waals surface area contributed by atoms with Gasteiger partial charge in [0.1, 0.15) is 12.2 Å². The van der Waals surface area contributed by atoms with Crippen LogP contribution in [0.15, 0.2) is 16.7 Å². The fraction of sp³-hybridized carbons (Fsp3) is 0.571. The van der Waals surface area contributed by atoms with Crippen molar-refractivity contribution in [2.75, 3.05) is 6.54 Å². The van der Waals surface area contributed by atoms with Crippen LogP contribution < -0.4 is 0 Å². The maximum absolute atomic E-state index is 12.7. The van der Waals surface area contributed by atoms with Crippen LogP contribution in [0, 0.1) is 0 Å². The molecule has 1 aromatic rings. The van der Waals surface area contributed by atoms with Crippen LogP contribution >= 0.6 is 15.9 Å². The molecule has 0 spiro atoms. The maximum atomic E-state index is 12.7. The Bertz CT molecular complexity index is 515. The van der Waals surface area contributed by atoms with E-state index in [1.807, 2.05) is 45.4 Å². The fourth-order valence-electron chi connectivity index (χ4n) is 1.93. The van der Waals surface area contributed by atoms with Gasteiger partial charge in [0, 0.05) is 22.3 Å². The maximum Gasteiger partial charge on any atom is 0.323 e. The van der Waals surface area contributed by atoms with Crippen LogP contribution in [0.2, 0.25) is 0 Å². The smallest absolute Gasteiger partial charge is 0.323 e. The molecule has 0 aliphatic carbocycles. The summed E-state index contributed by atoms with van der Waals surface area (Å²) in [6.07, 6.45) is 1.83. The standard InChI is InChI=1S/C14H21BrN2O3/c1-9(2)16-7-10(15)6-11(16)13(20)17(8-12(18)19)14(3,4)5/h6-7,9H,8H2,1-5H3,(H,18,19). The van der Waals surface area contributed by atoms with E-state index in [0.717, 1.165) is 4.47 Å². The number of aliphatic carboxylic acids is 1. The third kappa shape index (κ3) is 3.85. The molecule has 0 saturated carbocycles. The number of nitrogens with zero attached hydrogens (tertiary/aromatic N) is 2. The van der Waals surface area contributed by atoms with Crippen LogP contribution in [0.1, 0.15) is 51.1 Å². The molecule has 1 rings (SSSR count). The van der Waals surface area contributed by atoms with Gasteiger partial charge in [0.05, 0.1) is 0 Å². The van der Waals surface area contributed by atoms with Gasteiger partial charge in [-0.05, 0) is 56.6 Å². The Hall–Kier alpha value is -1.30. The summed E-state index contributed by atoms with van der Waals surface area (Å²) in [6, 6.07) is 1.84. The van der Waals surface area contributed by atoms with Gasteiger partial charge in [0.25, 0.3) is 5.91 Å². The number of amides is 1. The van der Waals surface area contributed by atoms with Crippen molar-refractivity contribution in [3.63, 3.8) is 0 Å². The molecule has 1 heterocycles. The zero-order chi connectivity index (χ0) is 15.7. The van der Waals surface area contributed by atoms with E-state index >= 15 is 0 Å². The fourth-order valence-corrected chi connectivity index (χ4v) is 2.37. The molecule has 20 heavy (non-hydrogen) atoms. The van der Waals surface area contributed by atoms with Crippen molar-refractivity contribution < 1.29 is 14.7 Å². The van der Waals surface area contributed by atoms with Gasteiger partial charge in [-0.1, -0.05) is 0 Å². The summed E-state index contributed by atoms with van der Waals surface area (Å²) >= 11 is 3.36. The van der Waals surface area contributed by atoms with Gasteiger partial charge in [0.15, 0.2) is 0 Å². The van der Waals surface area contributed by atoms with Crippen molar-refractivity contribution in [1.29, 1.82) is 0 Å². The molecule has 0 fully saturated rings. The minimum atomic E-state index is -1.02. The van der Waals surface area contributed by atoms with E-state index < -0.39 is 11.5 Å². The van der Waals surface area contributed by atoms with Crippen molar-refractivity contribution in [3.05, 3.63) is 22.4 Å². The Kier molecular flexibility index (Phi) is 5.02. The quantitative estimate of drug-likeness (QED) is 0.912. The molecule has 1 aromatic heterocycles. The lowest BCUT2D eigenvalue weighted by Crippen LogP contribution is -2.48. The van der Waals surface area contributed by atoms with Crippen molar-refractivity contribution in [1.82, 2.24) is 9.47 Å². The SMILES string of the molecule is CC(C)n1cc(Br)cc1C(=O)N(CC(=O)O)C(C)(C)C. The monoisotopic (exact) mass is 344 g/mol. The number of hydrogen-bond donors (Lipinski definition) is 1. The van der Waals surface area contributed by atoms with E-state index in [1.54, 1.807) is 6.07 Å². The topological polar surface area (TPSA) is 62.5 Å². The first-order valence-electron chi connectivity index (χ1n) is 6.45. The van der Waals surface area contributed by atoms with Gasteiger partial charge in [-0.25, -0.2) is 0 Å². The molecule has 5 nitrogen and oxygen atoms in total. The molecule has 0 aliphatic rings.